The number of hydrogen-bond acceptors (Lipinski definition) is 8. The first-order valence-corrected chi connectivity index (χ1v) is 14.3. The molecule has 0 atom stereocenters. The Morgan fingerprint density at radius 1 is 0.318 bits per heavy atom. The fraction of sp³-hybridized carbons (Fsp3) is 0.333. The number of methoxy groups -OCH3 is 8. The Bertz CT molecular complexity index is 1400. The van der Waals surface area contributed by atoms with Crippen LogP contribution in [0.5, 0.6) is 46.0 Å². The quantitative estimate of drug-likeness (QED) is 0.144. The molecular weight excluding hydrogens is 560 g/mol. The van der Waals surface area contributed by atoms with E-state index in [1.165, 1.54) is 0 Å². The van der Waals surface area contributed by atoms with Crippen LogP contribution in [0, 0.1) is 0 Å². The summed E-state index contributed by atoms with van der Waals surface area (Å²) in [6.45, 7) is 0. The second kappa shape index (κ2) is 15.1. The molecule has 234 valence electrons. The molecule has 0 saturated carbocycles. The van der Waals surface area contributed by atoms with Gasteiger partial charge < -0.3 is 37.9 Å². The van der Waals surface area contributed by atoms with E-state index in [4.69, 9.17) is 37.9 Å². The third kappa shape index (κ3) is 7.43. The molecule has 0 N–H and O–H groups in total. The van der Waals surface area contributed by atoms with Crippen LogP contribution < -0.4 is 37.9 Å². The molecule has 0 amide bonds. The minimum absolute atomic E-state index is 0.585. The van der Waals surface area contributed by atoms with Gasteiger partial charge in [-0.2, -0.15) is 0 Å². The van der Waals surface area contributed by atoms with Gasteiger partial charge >= 0.3 is 0 Å². The third-order valence-corrected chi connectivity index (χ3v) is 7.59. The SMILES string of the molecule is COc1cc(CCc2cc(OC)c(OC)c(OC)c2)cc(-c2cc(CCc3cc(OC)c(OC)c(OC)c3)cc(OC)c2)c1. The number of rotatable bonds is 15. The highest BCUT2D eigenvalue weighted by molar-refractivity contribution is 5.69. The second-order valence-corrected chi connectivity index (χ2v) is 10.2. The maximum atomic E-state index is 5.71. The lowest BCUT2D eigenvalue weighted by Crippen LogP contribution is -1.99. The van der Waals surface area contributed by atoms with Gasteiger partial charge in [0.25, 0.3) is 0 Å². The van der Waals surface area contributed by atoms with Crippen LogP contribution in [0.3, 0.4) is 0 Å². The van der Waals surface area contributed by atoms with Crippen molar-refractivity contribution in [2.75, 3.05) is 56.9 Å². The predicted octanol–water partition coefficient (Wildman–Crippen LogP) is 6.99. The monoisotopic (exact) mass is 602 g/mol. The van der Waals surface area contributed by atoms with Crippen molar-refractivity contribution in [3.05, 3.63) is 82.9 Å². The van der Waals surface area contributed by atoms with Crippen LogP contribution >= 0.6 is 0 Å². The summed E-state index contributed by atoms with van der Waals surface area (Å²) in [7, 11) is 13.1. The van der Waals surface area contributed by atoms with Gasteiger partial charge in [0.15, 0.2) is 23.0 Å². The Morgan fingerprint density at radius 2 is 0.614 bits per heavy atom. The minimum Gasteiger partial charge on any atom is -0.497 e. The summed E-state index contributed by atoms with van der Waals surface area (Å²) in [5.74, 6) is 5.33. The summed E-state index contributed by atoms with van der Waals surface area (Å²) in [5.41, 5.74) is 6.57. The fourth-order valence-corrected chi connectivity index (χ4v) is 5.32. The van der Waals surface area contributed by atoms with Crippen molar-refractivity contribution in [1.29, 1.82) is 0 Å². The lowest BCUT2D eigenvalue weighted by molar-refractivity contribution is 0.324. The van der Waals surface area contributed by atoms with Crippen LogP contribution in [-0.2, 0) is 25.7 Å². The van der Waals surface area contributed by atoms with Gasteiger partial charge in [-0.3, -0.25) is 0 Å². The summed E-state index contributed by atoms with van der Waals surface area (Å²) >= 11 is 0. The zero-order chi connectivity index (χ0) is 31.6. The van der Waals surface area contributed by atoms with E-state index in [2.05, 4.69) is 36.4 Å². The molecule has 0 bridgehead atoms. The first-order chi connectivity index (χ1) is 21.4. The van der Waals surface area contributed by atoms with Crippen LogP contribution in [0.25, 0.3) is 11.1 Å². The van der Waals surface area contributed by atoms with Gasteiger partial charge in [0.05, 0.1) is 56.9 Å². The Labute approximate surface area is 260 Å². The molecule has 0 spiro atoms. The average molecular weight is 603 g/mol. The lowest BCUT2D eigenvalue weighted by atomic mass is 9.95. The largest absolute Gasteiger partial charge is 0.497 e. The smallest absolute Gasteiger partial charge is 0.203 e. The van der Waals surface area contributed by atoms with E-state index < -0.39 is 0 Å². The molecule has 0 fully saturated rings. The first kappa shape index (κ1) is 32.2. The summed E-state index contributed by atoms with van der Waals surface area (Å²) in [4.78, 5) is 0. The summed E-state index contributed by atoms with van der Waals surface area (Å²) in [5, 5.41) is 0. The van der Waals surface area contributed by atoms with Gasteiger partial charge in [-0.1, -0.05) is 12.1 Å². The standard InChI is InChI=1S/C36H42O8/c1-37-29-15-23(9-11-25-17-31(39-3)35(43-7)32(18-25)40-4)13-27(21-29)28-14-24(16-30(22-28)38-2)10-12-26-19-33(41-5)36(44-8)34(20-26)42-6/h13-22H,9-12H2,1-8H3. The predicted molar refractivity (Wildman–Crippen MR) is 172 cm³/mol. The van der Waals surface area contributed by atoms with Gasteiger partial charge in [0.2, 0.25) is 11.5 Å². The normalized spacial score (nSPS) is 10.6. The van der Waals surface area contributed by atoms with Crippen LogP contribution in [0.4, 0.5) is 0 Å². The van der Waals surface area contributed by atoms with Crippen molar-refractivity contribution in [3.8, 4) is 57.1 Å². The van der Waals surface area contributed by atoms with E-state index in [9.17, 15) is 0 Å². The molecule has 0 aliphatic carbocycles. The summed E-state index contributed by atoms with van der Waals surface area (Å²) < 4.78 is 44.5. The Balaban J connectivity index is 1.60. The highest BCUT2D eigenvalue weighted by Gasteiger charge is 2.15. The van der Waals surface area contributed by atoms with Crippen LogP contribution in [0.1, 0.15) is 22.3 Å². The maximum Gasteiger partial charge on any atom is 0.203 e. The fourth-order valence-electron chi connectivity index (χ4n) is 5.32. The molecule has 0 heterocycles. The number of ether oxygens (including phenoxy) is 8. The number of hydrogen-bond donors (Lipinski definition) is 0. The van der Waals surface area contributed by atoms with Gasteiger partial charge in [-0.25, -0.2) is 0 Å². The van der Waals surface area contributed by atoms with Gasteiger partial charge in [-0.05, 0) is 108 Å². The molecular formula is C36H42O8. The summed E-state index contributed by atoms with van der Waals surface area (Å²) in [6.07, 6.45) is 3.14. The third-order valence-electron chi connectivity index (χ3n) is 7.59. The van der Waals surface area contributed by atoms with Gasteiger partial charge in [0, 0.05) is 0 Å². The van der Waals surface area contributed by atoms with Crippen molar-refractivity contribution >= 4 is 0 Å². The molecule has 4 aromatic carbocycles. The lowest BCUT2D eigenvalue weighted by Gasteiger charge is -2.15. The number of benzene rings is 4. The Morgan fingerprint density at radius 3 is 0.864 bits per heavy atom. The summed E-state index contributed by atoms with van der Waals surface area (Å²) in [6, 6.07) is 20.6. The molecule has 8 nitrogen and oxygen atoms in total. The zero-order valence-electron chi connectivity index (χ0n) is 26.9. The van der Waals surface area contributed by atoms with Crippen molar-refractivity contribution in [1.82, 2.24) is 0 Å². The van der Waals surface area contributed by atoms with E-state index in [1.807, 2.05) is 24.3 Å². The van der Waals surface area contributed by atoms with E-state index >= 15 is 0 Å². The van der Waals surface area contributed by atoms with Crippen LogP contribution in [-0.4, -0.2) is 56.9 Å². The van der Waals surface area contributed by atoms with Gasteiger partial charge in [-0.15, -0.1) is 0 Å². The maximum absolute atomic E-state index is 5.71. The van der Waals surface area contributed by atoms with E-state index in [0.29, 0.717) is 34.5 Å². The highest BCUT2D eigenvalue weighted by Crippen LogP contribution is 2.40. The molecule has 0 aromatic heterocycles. The molecule has 0 radical (unpaired) electrons. The molecule has 0 aliphatic rings. The molecule has 4 rings (SSSR count). The van der Waals surface area contributed by atoms with Crippen molar-refractivity contribution in [2.24, 2.45) is 0 Å². The molecule has 4 aromatic rings. The molecule has 8 heteroatoms. The van der Waals surface area contributed by atoms with Crippen molar-refractivity contribution in [3.63, 3.8) is 0 Å². The minimum atomic E-state index is 0.585. The highest BCUT2D eigenvalue weighted by atomic mass is 16.5. The second-order valence-electron chi connectivity index (χ2n) is 10.2. The molecule has 0 saturated heterocycles. The topological polar surface area (TPSA) is 73.8 Å². The van der Waals surface area contributed by atoms with Crippen LogP contribution in [0.2, 0.25) is 0 Å². The Kier molecular flexibility index (Phi) is 11.1. The van der Waals surface area contributed by atoms with Crippen molar-refractivity contribution < 1.29 is 37.9 Å². The van der Waals surface area contributed by atoms with Crippen molar-refractivity contribution in [2.45, 2.75) is 25.7 Å². The Hall–Kier alpha value is -4.72. The van der Waals surface area contributed by atoms with Gasteiger partial charge in [0.1, 0.15) is 11.5 Å². The molecule has 0 aliphatic heterocycles. The first-order valence-electron chi connectivity index (χ1n) is 14.3. The number of aryl methyl sites for hydroxylation is 4. The van der Waals surface area contributed by atoms with E-state index in [1.54, 1.807) is 56.9 Å². The molecule has 44 heavy (non-hydrogen) atoms. The molecule has 0 unspecified atom stereocenters. The van der Waals surface area contributed by atoms with Crippen LogP contribution in [0.15, 0.2) is 60.7 Å². The van der Waals surface area contributed by atoms with E-state index in [0.717, 1.165) is 70.6 Å². The average Bonchev–Trinajstić information content (AvgIpc) is 3.08. The van der Waals surface area contributed by atoms with E-state index in [-0.39, 0.29) is 0 Å². The zero-order valence-corrected chi connectivity index (χ0v) is 26.9.